The van der Waals surface area contributed by atoms with E-state index in [4.69, 9.17) is 32.5 Å². The minimum atomic E-state index is -4.20. The standard InChI is InChI=1S/C23H25Cl2N3O6PS/c1-2-34-35(30)16-28(36(31,32)21-13-18(24)12-19(25)14-21)20-3-4-22-17(11-20)5-6-27(22)23(29)15-26-7-9-33-10-8-26/h3-6,11-14H,2,7-10,15-16H2,1H3/q+1. The van der Waals surface area contributed by atoms with Crippen molar-refractivity contribution in [3.8, 4) is 0 Å². The van der Waals surface area contributed by atoms with Crippen LogP contribution in [0.4, 0.5) is 5.69 Å². The molecule has 0 amide bonds. The highest BCUT2D eigenvalue weighted by Gasteiger charge is 2.34. The second kappa shape index (κ2) is 11.6. The van der Waals surface area contributed by atoms with Crippen molar-refractivity contribution in [2.24, 2.45) is 0 Å². The molecule has 2 heterocycles. The minimum Gasteiger partial charge on any atom is -0.379 e. The molecule has 2 aromatic carbocycles. The van der Waals surface area contributed by atoms with Crippen LogP contribution in [0.1, 0.15) is 11.7 Å². The summed E-state index contributed by atoms with van der Waals surface area (Å²) in [6, 6.07) is 10.6. The van der Waals surface area contributed by atoms with Crippen molar-refractivity contribution in [1.82, 2.24) is 9.47 Å². The number of morpholine rings is 1. The second-order valence-electron chi connectivity index (χ2n) is 8.06. The van der Waals surface area contributed by atoms with E-state index in [9.17, 15) is 17.8 Å². The van der Waals surface area contributed by atoms with Gasteiger partial charge >= 0.3 is 8.03 Å². The summed E-state index contributed by atoms with van der Waals surface area (Å²) in [6.45, 7) is 4.65. The first-order valence-corrected chi connectivity index (χ1v) is 14.8. The number of carbonyl (C=O) groups excluding carboxylic acids is 1. The van der Waals surface area contributed by atoms with Gasteiger partial charge in [-0.25, -0.2) is 12.7 Å². The van der Waals surface area contributed by atoms with Gasteiger partial charge in [0.1, 0.15) is 0 Å². The van der Waals surface area contributed by atoms with E-state index < -0.39 is 24.3 Å². The third-order valence-electron chi connectivity index (χ3n) is 5.63. The smallest absolute Gasteiger partial charge is 0.379 e. The van der Waals surface area contributed by atoms with Crippen molar-refractivity contribution in [2.75, 3.05) is 50.0 Å². The summed E-state index contributed by atoms with van der Waals surface area (Å²) >= 11 is 12.1. The molecule has 1 aliphatic heterocycles. The molecule has 0 spiro atoms. The maximum Gasteiger partial charge on any atom is 0.531 e. The number of fused-ring (bicyclic) bond motifs is 1. The Labute approximate surface area is 220 Å². The highest BCUT2D eigenvalue weighted by molar-refractivity contribution is 7.93. The molecule has 1 saturated heterocycles. The maximum atomic E-state index is 13.6. The number of ether oxygens (including phenoxy) is 1. The lowest BCUT2D eigenvalue weighted by atomic mass is 10.2. The molecule has 4 rings (SSSR count). The average Bonchev–Trinajstić information content (AvgIpc) is 3.26. The van der Waals surface area contributed by atoms with Crippen LogP contribution < -0.4 is 4.31 Å². The fourth-order valence-corrected chi connectivity index (χ4v) is 7.41. The predicted octanol–water partition coefficient (Wildman–Crippen LogP) is 4.85. The molecule has 0 saturated carbocycles. The van der Waals surface area contributed by atoms with Gasteiger partial charge in [-0.2, -0.15) is 0 Å². The summed E-state index contributed by atoms with van der Waals surface area (Å²) in [5.41, 5.74) is 0.898. The number of sulfonamides is 1. The number of halogens is 2. The molecule has 1 unspecified atom stereocenters. The molecule has 36 heavy (non-hydrogen) atoms. The summed E-state index contributed by atoms with van der Waals surface area (Å²) in [5, 5.41) is 0.960. The number of hydrogen-bond donors (Lipinski definition) is 0. The molecule has 3 aromatic rings. The van der Waals surface area contributed by atoms with Gasteiger partial charge < -0.3 is 4.74 Å². The molecule has 9 nitrogen and oxygen atoms in total. The van der Waals surface area contributed by atoms with Gasteiger partial charge in [0.25, 0.3) is 16.3 Å². The summed E-state index contributed by atoms with van der Waals surface area (Å²) in [4.78, 5) is 14.8. The Bertz CT molecular complexity index is 1370. The molecule has 1 atom stereocenters. The van der Waals surface area contributed by atoms with Crippen LogP contribution in [-0.2, 0) is 23.8 Å². The highest BCUT2D eigenvalue weighted by atomic mass is 35.5. The van der Waals surface area contributed by atoms with Crippen molar-refractivity contribution in [3.63, 3.8) is 0 Å². The first kappa shape index (κ1) is 27.0. The number of aromatic nitrogens is 1. The maximum absolute atomic E-state index is 13.6. The van der Waals surface area contributed by atoms with E-state index in [1.165, 1.54) is 18.2 Å². The molecular formula is C23H25Cl2N3O6PS+. The van der Waals surface area contributed by atoms with Gasteiger partial charge in [-0.3, -0.25) is 14.3 Å². The van der Waals surface area contributed by atoms with Gasteiger partial charge in [-0.15, -0.1) is 4.52 Å². The summed E-state index contributed by atoms with van der Waals surface area (Å²) in [5.74, 6) is -0.0999. The van der Waals surface area contributed by atoms with Gasteiger partial charge in [-0.1, -0.05) is 23.2 Å². The quantitative estimate of drug-likeness (QED) is 0.338. The lowest BCUT2D eigenvalue weighted by molar-refractivity contribution is 0.0350. The van der Waals surface area contributed by atoms with E-state index in [2.05, 4.69) is 0 Å². The first-order valence-electron chi connectivity index (χ1n) is 11.2. The summed E-state index contributed by atoms with van der Waals surface area (Å²) < 4.78 is 52.7. The molecule has 1 fully saturated rings. The number of benzene rings is 2. The van der Waals surface area contributed by atoms with Crippen molar-refractivity contribution in [1.29, 1.82) is 0 Å². The number of nitrogens with zero attached hydrogens (tertiary/aromatic N) is 3. The van der Waals surface area contributed by atoms with Crippen molar-refractivity contribution in [3.05, 3.63) is 58.7 Å². The molecule has 0 N–H and O–H groups in total. The Balaban J connectivity index is 1.69. The van der Waals surface area contributed by atoms with Crippen LogP contribution in [0, 0.1) is 0 Å². The second-order valence-corrected chi connectivity index (χ2v) is 12.0. The van der Waals surface area contributed by atoms with E-state index in [1.807, 2.05) is 4.90 Å². The molecule has 13 heteroatoms. The van der Waals surface area contributed by atoms with E-state index in [0.29, 0.717) is 37.2 Å². The summed E-state index contributed by atoms with van der Waals surface area (Å²) in [7, 11) is -6.52. The van der Waals surface area contributed by atoms with Gasteiger partial charge in [0.15, 0.2) is 0 Å². The third-order valence-corrected chi connectivity index (χ3v) is 9.07. The first-order chi connectivity index (χ1) is 17.2. The number of hydrogen-bond acceptors (Lipinski definition) is 7. The largest absolute Gasteiger partial charge is 0.531 e. The number of anilines is 1. The highest BCUT2D eigenvalue weighted by Crippen LogP contribution is 2.35. The lowest BCUT2D eigenvalue weighted by Gasteiger charge is -2.25. The molecule has 192 valence electrons. The fourth-order valence-electron chi connectivity index (χ4n) is 3.92. The number of rotatable bonds is 9. The predicted molar refractivity (Wildman–Crippen MR) is 140 cm³/mol. The zero-order valence-corrected chi connectivity index (χ0v) is 22.7. The zero-order chi connectivity index (χ0) is 25.9. The molecule has 1 aromatic heterocycles. The van der Waals surface area contributed by atoms with Crippen LogP contribution in [-0.4, -0.2) is 69.5 Å². The van der Waals surface area contributed by atoms with Gasteiger partial charge in [0, 0.05) is 34.7 Å². The van der Waals surface area contributed by atoms with Crippen molar-refractivity contribution >= 4 is 63.8 Å². The van der Waals surface area contributed by atoms with Crippen LogP contribution in [0.3, 0.4) is 0 Å². The van der Waals surface area contributed by atoms with Gasteiger partial charge in [0.05, 0.1) is 42.5 Å². The Hall–Kier alpha value is -2.04. The van der Waals surface area contributed by atoms with E-state index in [1.54, 1.807) is 42.0 Å². The minimum absolute atomic E-state index is 0.0999. The Kier molecular flexibility index (Phi) is 8.67. The Morgan fingerprint density at radius 1 is 1.11 bits per heavy atom. The van der Waals surface area contributed by atoms with E-state index in [-0.39, 0.29) is 39.7 Å². The van der Waals surface area contributed by atoms with Gasteiger partial charge in [-0.05, 0) is 54.0 Å². The van der Waals surface area contributed by atoms with Crippen molar-refractivity contribution < 1.29 is 27.0 Å². The third kappa shape index (κ3) is 6.08. The fraction of sp³-hybridized carbons (Fsp3) is 0.348. The molecular weight excluding hydrogens is 548 g/mol. The van der Waals surface area contributed by atoms with Crippen LogP contribution in [0.15, 0.2) is 53.6 Å². The zero-order valence-electron chi connectivity index (χ0n) is 19.5. The van der Waals surface area contributed by atoms with Gasteiger partial charge in [0.2, 0.25) is 5.91 Å². The SMILES string of the molecule is CCO[P+](=O)CN(c1ccc2c(ccn2C(=O)CN2CCOCC2)c1)S(=O)(=O)c1cc(Cl)cc(Cl)c1. The van der Waals surface area contributed by atoms with Crippen molar-refractivity contribution in [2.45, 2.75) is 11.8 Å². The molecule has 0 aliphatic carbocycles. The normalized spacial score (nSPS) is 15.2. The van der Waals surface area contributed by atoms with E-state index >= 15 is 0 Å². The molecule has 1 aliphatic rings. The monoisotopic (exact) mass is 572 g/mol. The Morgan fingerprint density at radius 3 is 2.47 bits per heavy atom. The topological polar surface area (TPSA) is 98.2 Å². The average molecular weight is 573 g/mol. The molecule has 0 radical (unpaired) electrons. The lowest BCUT2D eigenvalue weighted by Crippen LogP contribution is -2.40. The van der Waals surface area contributed by atoms with Crippen LogP contribution in [0.25, 0.3) is 10.9 Å². The van der Waals surface area contributed by atoms with Crippen LogP contribution in [0.2, 0.25) is 10.0 Å². The van der Waals surface area contributed by atoms with Crippen LogP contribution >= 0.6 is 31.2 Å². The number of carbonyl (C=O) groups is 1. The van der Waals surface area contributed by atoms with E-state index in [0.717, 1.165) is 4.31 Å². The van der Waals surface area contributed by atoms with Crippen LogP contribution in [0.5, 0.6) is 0 Å². The summed E-state index contributed by atoms with van der Waals surface area (Å²) in [6.07, 6.45) is 1.26. The molecule has 0 bridgehead atoms. The Morgan fingerprint density at radius 2 is 1.81 bits per heavy atom.